The van der Waals surface area contributed by atoms with Gasteiger partial charge in [0.15, 0.2) is 5.82 Å². The Morgan fingerprint density at radius 3 is 2.74 bits per heavy atom. The van der Waals surface area contributed by atoms with Crippen molar-refractivity contribution in [3.63, 3.8) is 0 Å². The average molecular weight is 287 g/mol. The van der Waals surface area contributed by atoms with E-state index in [4.69, 9.17) is 11.6 Å². The third-order valence-corrected chi connectivity index (χ3v) is 4.18. The Balaban J connectivity index is 2.01. The van der Waals surface area contributed by atoms with Crippen LogP contribution in [0.15, 0.2) is 42.3 Å². The molecule has 0 atom stereocenters. The number of nitrogens with zero attached hydrogens (tertiary/aromatic N) is 4. The molecule has 4 nitrogen and oxygen atoms in total. The van der Waals surface area contributed by atoms with Crippen LogP contribution in [0.4, 0.5) is 0 Å². The standard InChI is InChI=1S/C13H7ClN4S/c14-9-3-1-8(2-4-9)10-5-19-13-11-12(16-6-15-11)17-7-18(10)13/h1-7H. The van der Waals surface area contributed by atoms with Crippen LogP contribution in [0.25, 0.3) is 27.6 Å². The first-order chi connectivity index (χ1) is 9.33. The Kier molecular flexibility index (Phi) is 2.30. The van der Waals surface area contributed by atoms with E-state index in [9.17, 15) is 0 Å². The molecule has 4 rings (SSSR count). The Morgan fingerprint density at radius 2 is 1.89 bits per heavy atom. The Hall–Kier alpha value is -1.98. The lowest BCUT2D eigenvalue weighted by Gasteiger charge is -2.03. The molecule has 0 unspecified atom stereocenters. The molecule has 2 aromatic rings. The molecular formula is C13H7ClN4S. The molecule has 0 aliphatic carbocycles. The molecule has 6 heteroatoms. The van der Waals surface area contributed by atoms with Crippen LogP contribution in [0.3, 0.4) is 0 Å². The summed E-state index contributed by atoms with van der Waals surface area (Å²) in [5.74, 6) is 0.685. The first-order valence-electron chi connectivity index (χ1n) is 5.64. The van der Waals surface area contributed by atoms with E-state index in [1.807, 2.05) is 28.7 Å². The highest BCUT2D eigenvalue weighted by atomic mass is 35.5. The molecule has 2 aliphatic rings. The number of hydrogen-bond donors (Lipinski definition) is 0. The minimum atomic E-state index is 0.685. The third-order valence-electron chi connectivity index (χ3n) is 2.98. The van der Waals surface area contributed by atoms with Gasteiger partial charge >= 0.3 is 0 Å². The van der Waals surface area contributed by atoms with E-state index >= 15 is 0 Å². The fraction of sp³-hybridized carbons (Fsp3) is 0. The summed E-state index contributed by atoms with van der Waals surface area (Å²) in [6.45, 7) is 0. The van der Waals surface area contributed by atoms with Gasteiger partial charge in [-0.15, -0.1) is 11.3 Å². The molecule has 0 spiro atoms. The predicted octanol–water partition coefficient (Wildman–Crippen LogP) is 3.61. The minimum Gasteiger partial charge on any atom is -0.289 e. The third kappa shape index (κ3) is 1.63. The van der Waals surface area contributed by atoms with E-state index < -0.39 is 0 Å². The summed E-state index contributed by atoms with van der Waals surface area (Å²) in [7, 11) is 0. The average Bonchev–Trinajstić information content (AvgIpc) is 3.04. The maximum absolute atomic E-state index is 5.92. The van der Waals surface area contributed by atoms with E-state index in [1.165, 1.54) is 0 Å². The quantitative estimate of drug-likeness (QED) is 0.537. The summed E-state index contributed by atoms with van der Waals surface area (Å²) in [5.41, 5.74) is 3.02. The molecule has 3 heterocycles. The molecule has 0 saturated heterocycles. The zero-order valence-electron chi connectivity index (χ0n) is 9.62. The number of halogens is 1. The Morgan fingerprint density at radius 1 is 1.05 bits per heavy atom. The van der Waals surface area contributed by atoms with Crippen LogP contribution in [0.1, 0.15) is 0 Å². The van der Waals surface area contributed by atoms with Crippen LogP contribution < -0.4 is 0 Å². The molecule has 0 radical (unpaired) electrons. The molecule has 0 bridgehead atoms. The smallest absolute Gasteiger partial charge is 0.184 e. The van der Waals surface area contributed by atoms with Gasteiger partial charge in [-0.1, -0.05) is 23.7 Å². The summed E-state index contributed by atoms with van der Waals surface area (Å²) >= 11 is 7.55. The van der Waals surface area contributed by atoms with Gasteiger partial charge in [0.05, 0.1) is 5.69 Å². The number of benzene rings is 1. The van der Waals surface area contributed by atoms with Crippen molar-refractivity contribution in [2.75, 3.05) is 0 Å². The Bertz CT molecular complexity index is 834. The normalized spacial score (nSPS) is 11.4. The number of fused-ring (bicyclic) bond motifs is 3. The first kappa shape index (κ1) is 10.9. The van der Waals surface area contributed by atoms with Crippen LogP contribution in [0.2, 0.25) is 5.02 Å². The van der Waals surface area contributed by atoms with Gasteiger partial charge in [-0.25, -0.2) is 15.0 Å². The van der Waals surface area contributed by atoms with Crippen LogP contribution >= 0.6 is 22.9 Å². The first-order valence-corrected chi connectivity index (χ1v) is 6.90. The van der Waals surface area contributed by atoms with E-state index in [0.29, 0.717) is 5.82 Å². The molecule has 1 aromatic heterocycles. The van der Waals surface area contributed by atoms with Gasteiger partial charge in [-0.3, -0.25) is 4.40 Å². The van der Waals surface area contributed by atoms with E-state index in [0.717, 1.165) is 26.8 Å². The van der Waals surface area contributed by atoms with Crippen molar-refractivity contribution in [1.82, 2.24) is 19.4 Å². The van der Waals surface area contributed by atoms with Gasteiger partial charge < -0.3 is 0 Å². The zero-order chi connectivity index (χ0) is 12.8. The summed E-state index contributed by atoms with van der Waals surface area (Å²) in [5, 5.41) is 2.82. The zero-order valence-corrected chi connectivity index (χ0v) is 11.2. The van der Waals surface area contributed by atoms with Gasteiger partial charge in [0, 0.05) is 10.4 Å². The number of rotatable bonds is 1. The second-order valence-corrected chi connectivity index (χ2v) is 5.39. The number of imidazole rings is 1. The van der Waals surface area contributed by atoms with Crippen LogP contribution in [0, 0.1) is 0 Å². The summed E-state index contributed by atoms with van der Waals surface area (Å²) in [6.07, 6.45) is 3.33. The highest BCUT2D eigenvalue weighted by molar-refractivity contribution is 7.16. The molecule has 19 heavy (non-hydrogen) atoms. The van der Waals surface area contributed by atoms with Crippen molar-refractivity contribution in [2.45, 2.75) is 0 Å². The molecule has 0 amide bonds. The fourth-order valence-electron chi connectivity index (χ4n) is 2.06. The lowest BCUT2D eigenvalue weighted by atomic mass is 10.2. The lowest BCUT2D eigenvalue weighted by molar-refractivity contribution is 1.08. The predicted molar refractivity (Wildman–Crippen MR) is 75.7 cm³/mol. The monoisotopic (exact) mass is 286 g/mol. The molecule has 0 fully saturated rings. The van der Waals surface area contributed by atoms with Gasteiger partial charge in [0.1, 0.15) is 23.2 Å². The van der Waals surface area contributed by atoms with Crippen LogP contribution in [-0.4, -0.2) is 19.4 Å². The van der Waals surface area contributed by atoms with E-state index in [2.05, 4.69) is 20.3 Å². The van der Waals surface area contributed by atoms with Crippen molar-refractivity contribution >= 4 is 27.8 Å². The highest BCUT2D eigenvalue weighted by Gasteiger charge is 2.15. The molecule has 0 saturated carbocycles. The maximum atomic E-state index is 5.92. The SMILES string of the molecule is Clc1ccc(-c2csc3c4ncnc-4ncn23)cc1. The number of hydrogen-bond acceptors (Lipinski definition) is 4. The summed E-state index contributed by atoms with van der Waals surface area (Å²) in [4.78, 5) is 13.7. The largest absolute Gasteiger partial charge is 0.289 e. The van der Waals surface area contributed by atoms with Gasteiger partial charge in [-0.05, 0) is 17.7 Å². The maximum Gasteiger partial charge on any atom is 0.184 e. The van der Waals surface area contributed by atoms with Gasteiger partial charge in [-0.2, -0.15) is 0 Å². The van der Waals surface area contributed by atoms with Crippen LogP contribution in [-0.2, 0) is 0 Å². The number of thiazole rings is 1. The van der Waals surface area contributed by atoms with Crippen molar-refractivity contribution < 1.29 is 0 Å². The van der Waals surface area contributed by atoms with Crippen molar-refractivity contribution in [2.24, 2.45) is 0 Å². The molecule has 0 N–H and O–H groups in total. The van der Waals surface area contributed by atoms with Crippen molar-refractivity contribution in [3.05, 3.63) is 47.3 Å². The summed E-state index contributed by atoms with van der Waals surface area (Å²) in [6, 6.07) is 7.76. The molecule has 92 valence electrons. The molecule has 2 aliphatic heterocycles. The van der Waals surface area contributed by atoms with Gasteiger partial charge in [0.25, 0.3) is 0 Å². The summed E-state index contributed by atoms with van der Waals surface area (Å²) < 4.78 is 2.03. The van der Waals surface area contributed by atoms with E-state index in [-0.39, 0.29) is 0 Å². The van der Waals surface area contributed by atoms with Crippen molar-refractivity contribution in [1.29, 1.82) is 0 Å². The lowest BCUT2D eigenvalue weighted by Crippen LogP contribution is -1.94. The van der Waals surface area contributed by atoms with Crippen LogP contribution in [0.5, 0.6) is 0 Å². The number of aromatic nitrogens is 4. The second kappa shape index (κ2) is 4.01. The van der Waals surface area contributed by atoms with Gasteiger partial charge in [0.2, 0.25) is 0 Å². The molecule has 1 aromatic carbocycles. The Labute approximate surface area is 117 Å². The second-order valence-electron chi connectivity index (χ2n) is 4.09. The highest BCUT2D eigenvalue weighted by Crippen LogP contribution is 2.31. The minimum absolute atomic E-state index is 0.685. The van der Waals surface area contributed by atoms with Crippen molar-refractivity contribution in [3.8, 4) is 22.8 Å². The molecular weight excluding hydrogens is 280 g/mol. The van der Waals surface area contributed by atoms with E-state index in [1.54, 1.807) is 24.0 Å². The fourth-order valence-corrected chi connectivity index (χ4v) is 3.18. The topological polar surface area (TPSA) is 43.1 Å².